The Morgan fingerprint density at radius 1 is 0.731 bits per heavy atom. The summed E-state index contributed by atoms with van der Waals surface area (Å²) >= 11 is 0. The molecule has 0 saturated heterocycles. The van der Waals surface area contributed by atoms with Gasteiger partial charge in [-0.2, -0.15) is 0 Å². The average molecular weight is 518 g/mol. The minimum absolute atomic E-state index is 0. The molecular formula is C23H19IrNO. The van der Waals surface area contributed by atoms with Gasteiger partial charge in [-0.3, -0.25) is 4.99 Å². The van der Waals surface area contributed by atoms with E-state index >= 15 is 0 Å². The van der Waals surface area contributed by atoms with Crippen LogP contribution in [0, 0.1) is 0 Å². The van der Waals surface area contributed by atoms with Crippen LogP contribution in [0.1, 0.15) is 12.5 Å². The Morgan fingerprint density at radius 2 is 1.35 bits per heavy atom. The number of rotatable bonds is 3. The van der Waals surface area contributed by atoms with E-state index < -0.39 is 0 Å². The van der Waals surface area contributed by atoms with Crippen LogP contribution in [0.2, 0.25) is 0 Å². The van der Waals surface area contributed by atoms with Gasteiger partial charge < -0.3 is 4.74 Å². The van der Waals surface area contributed by atoms with Crippen LogP contribution < -0.4 is 4.74 Å². The standard InChI is InChI=1S/C23H19NO.Ir/c1-16(24-22-9-11-23(25-2)12-10-22)17-7-8-20-14-18-5-3-4-6-19(18)15-21(20)13-17;/h3-15H,1-2H3;/b24-16+;. The molecule has 0 aliphatic heterocycles. The zero-order valence-corrected chi connectivity index (χ0v) is 17.1. The van der Waals surface area contributed by atoms with Crippen molar-refractivity contribution >= 4 is 32.9 Å². The van der Waals surface area contributed by atoms with Crippen LogP contribution in [0.4, 0.5) is 5.69 Å². The minimum Gasteiger partial charge on any atom is -0.497 e. The van der Waals surface area contributed by atoms with Crippen LogP contribution in [-0.4, -0.2) is 12.8 Å². The van der Waals surface area contributed by atoms with Gasteiger partial charge in [0.25, 0.3) is 0 Å². The normalized spacial score (nSPS) is 11.4. The number of hydrogen-bond acceptors (Lipinski definition) is 2. The summed E-state index contributed by atoms with van der Waals surface area (Å²) in [4.78, 5) is 4.73. The molecule has 1 radical (unpaired) electrons. The first kappa shape index (κ1) is 18.3. The quantitative estimate of drug-likeness (QED) is 0.236. The van der Waals surface area contributed by atoms with Crippen molar-refractivity contribution in [3.05, 3.63) is 84.4 Å². The summed E-state index contributed by atoms with van der Waals surface area (Å²) in [5, 5.41) is 5.02. The van der Waals surface area contributed by atoms with Crippen molar-refractivity contribution in [1.29, 1.82) is 0 Å². The molecule has 2 nitrogen and oxygen atoms in total. The van der Waals surface area contributed by atoms with Crippen molar-refractivity contribution < 1.29 is 24.8 Å². The van der Waals surface area contributed by atoms with Crippen LogP contribution in [0.3, 0.4) is 0 Å². The Balaban J connectivity index is 0.00000196. The van der Waals surface area contributed by atoms with Crippen molar-refractivity contribution in [2.24, 2.45) is 4.99 Å². The van der Waals surface area contributed by atoms with Gasteiger partial charge in [-0.05, 0) is 76.5 Å². The molecule has 0 heterocycles. The number of hydrogen-bond donors (Lipinski definition) is 0. The van der Waals surface area contributed by atoms with Gasteiger partial charge in [0.1, 0.15) is 5.75 Å². The molecule has 0 unspecified atom stereocenters. The maximum Gasteiger partial charge on any atom is 0.119 e. The number of aliphatic imine (C=N–C) groups is 1. The molecule has 4 aromatic carbocycles. The maximum atomic E-state index is 5.19. The summed E-state index contributed by atoms with van der Waals surface area (Å²) < 4.78 is 5.19. The van der Waals surface area contributed by atoms with Gasteiger partial charge in [0.15, 0.2) is 0 Å². The Morgan fingerprint density at radius 3 is 2.00 bits per heavy atom. The minimum atomic E-state index is 0. The molecule has 0 amide bonds. The summed E-state index contributed by atoms with van der Waals surface area (Å²) in [6.45, 7) is 2.05. The van der Waals surface area contributed by atoms with Gasteiger partial charge in [-0.15, -0.1) is 0 Å². The van der Waals surface area contributed by atoms with Crippen molar-refractivity contribution in [3.63, 3.8) is 0 Å². The molecule has 0 fully saturated rings. The predicted octanol–water partition coefficient (Wildman–Crippen LogP) is 6.14. The predicted molar refractivity (Wildman–Crippen MR) is 106 cm³/mol. The number of nitrogens with zero attached hydrogens (tertiary/aromatic N) is 1. The van der Waals surface area contributed by atoms with E-state index in [1.165, 1.54) is 21.5 Å². The van der Waals surface area contributed by atoms with Crippen LogP contribution in [-0.2, 0) is 20.1 Å². The second-order valence-electron chi connectivity index (χ2n) is 6.16. The largest absolute Gasteiger partial charge is 0.497 e. The Bertz CT molecular complexity index is 1080. The molecule has 0 aliphatic carbocycles. The van der Waals surface area contributed by atoms with Crippen LogP contribution in [0.5, 0.6) is 5.75 Å². The molecule has 0 saturated carbocycles. The fraction of sp³-hybridized carbons (Fsp3) is 0.0870. The van der Waals surface area contributed by atoms with E-state index in [1.807, 2.05) is 31.2 Å². The summed E-state index contributed by atoms with van der Waals surface area (Å²) in [7, 11) is 1.67. The van der Waals surface area contributed by atoms with Gasteiger partial charge in [0, 0.05) is 25.8 Å². The molecule has 0 bridgehead atoms. The molecule has 0 aliphatic rings. The van der Waals surface area contributed by atoms with Crippen LogP contribution in [0.15, 0.2) is 83.9 Å². The molecule has 0 aromatic heterocycles. The van der Waals surface area contributed by atoms with Gasteiger partial charge in [-0.25, -0.2) is 0 Å². The third-order valence-electron chi connectivity index (χ3n) is 4.49. The Labute approximate surface area is 166 Å². The third kappa shape index (κ3) is 3.69. The van der Waals surface area contributed by atoms with E-state index in [1.54, 1.807) is 7.11 Å². The van der Waals surface area contributed by atoms with E-state index in [0.717, 1.165) is 22.7 Å². The van der Waals surface area contributed by atoms with Gasteiger partial charge in [0.05, 0.1) is 12.8 Å². The second kappa shape index (κ2) is 7.82. The summed E-state index contributed by atoms with van der Waals surface area (Å²) in [5.41, 5.74) is 3.07. The maximum absolute atomic E-state index is 5.19. The summed E-state index contributed by atoms with van der Waals surface area (Å²) in [6, 6.07) is 27.3. The molecule has 0 N–H and O–H groups in total. The molecular weight excluding hydrogens is 498 g/mol. The first-order chi connectivity index (χ1) is 12.2. The van der Waals surface area contributed by atoms with Gasteiger partial charge in [-0.1, -0.05) is 36.4 Å². The van der Waals surface area contributed by atoms with Gasteiger partial charge >= 0.3 is 0 Å². The van der Waals surface area contributed by atoms with Crippen molar-refractivity contribution in [3.8, 4) is 5.75 Å². The van der Waals surface area contributed by atoms with Gasteiger partial charge in [0.2, 0.25) is 0 Å². The van der Waals surface area contributed by atoms with Crippen LogP contribution in [0.25, 0.3) is 21.5 Å². The number of benzene rings is 4. The van der Waals surface area contributed by atoms with E-state index in [4.69, 9.17) is 9.73 Å². The van der Waals surface area contributed by atoms with Crippen molar-refractivity contribution in [2.75, 3.05) is 7.11 Å². The van der Waals surface area contributed by atoms with E-state index in [9.17, 15) is 0 Å². The number of methoxy groups -OCH3 is 1. The van der Waals surface area contributed by atoms with Crippen molar-refractivity contribution in [2.45, 2.75) is 6.92 Å². The SMILES string of the molecule is COc1ccc(/N=C(\C)c2ccc3cc4ccccc4cc3c2)cc1.[Ir]. The molecule has 131 valence electrons. The first-order valence-electron chi connectivity index (χ1n) is 8.35. The monoisotopic (exact) mass is 518 g/mol. The molecule has 26 heavy (non-hydrogen) atoms. The van der Waals surface area contributed by atoms with Crippen molar-refractivity contribution in [1.82, 2.24) is 0 Å². The fourth-order valence-electron chi connectivity index (χ4n) is 3.08. The molecule has 0 atom stereocenters. The Kier molecular flexibility index (Phi) is 5.51. The zero-order chi connectivity index (χ0) is 17.2. The molecule has 4 rings (SSSR count). The summed E-state index contributed by atoms with van der Waals surface area (Å²) in [5.74, 6) is 0.842. The molecule has 4 aromatic rings. The van der Waals surface area contributed by atoms with E-state index in [0.29, 0.717) is 0 Å². The average Bonchev–Trinajstić information content (AvgIpc) is 2.66. The van der Waals surface area contributed by atoms with E-state index in [2.05, 4.69) is 54.6 Å². The molecule has 0 spiro atoms. The topological polar surface area (TPSA) is 21.6 Å². The van der Waals surface area contributed by atoms with Crippen LogP contribution >= 0.6 is 0 Å². The van der Waals surface area contributed by atoms with E-state index in [-0.39, 0.29) is 20.1 Å². The third-order valence-corrected chi connectivity index (χ3v) is 4.49. The number of ether oxygens (including phenoxy) is 1. The fourth-order valence-corrected chi connectivity index (χ4v) is 3.08. The summed E-state index contributed by atoms with van der Waals surface area (Å²) in [6.07, 6.45) is 0. The second-order valence-corrected chi connectivity index (χ2v) is 6.16. The zero-order valence-electron chi connectivity index (χ0n) is 14.7. The molecule has 3 heteroatoms. The Hall–Kier alpha value is -2.48. The smallest absolute Gasteiger partial charge is 0.119 e. The first-order valence-corrected chi connectivity index (χ1v) is 8.35. The number of fused-ring (bicyclic) bond motifs is 2.